The van der Waals surface area contributed by atoms with Crippen molar-refractivity contribution in [1.82, 2.24) is 0 Å². The maximum atomic E-state index is 11.2. The maximum absolute atomic E-state index is 11.2. The second-order valence-corrected chi connectivity index (χ2v) is 5.75. The number of oxime groups is 1. The molecule has 3 rings (SSSR count). The fourth-order valence-electron chi connectivity index (χ4n) is 2.58. The molecule has 124 valence electrons. The highest BCUT2D eigenvalue weighted by molar-refractivity contribution is 9.10. The standard InChI is InChI=1S/C14H15BrN2O6/c1-19-10-7(3-6-4-8(14(16)18)17-23-6)9(15)11-13(12(10)20-2)22-5-21-11/h6H,3-5H2,1-2H3,(H2,16,18)/t6-/m1/s1. The van der Waals surface area contributed by atoms with Gasteiger partial charge in [0.1, 0.15) is 11.8 Å². The smallest absolute Gasteiger partial charge is 0.266 e. The molecule has 0 fully saturated rings. The molecule has 0 unspecified atom stereocenters. The number of hydrogen-bond acceptors (Lipinski definition) is 7. The van der Waals surface area contributed by atoms with Gasteiger partial charge in [-0.3, -0.25) is 4.79 Å². The summed E-state index contributed by atoms with van der Waals surface area (Å²) in [5, 5.41) is 3.71. The van der Waals surface area contributed by atoms with Crippen molar-refractivity contribution in [3.8, 4) is 23.0 Å². The Morgan fingerprint density at radius 2 is 2.00 bits per heavy atom. The summed E-state index contributed by atoms with van der Waals surface area (Å²) in [6.07, 6.45) is 0.436. The number of primary amides is 1. The number of benzene rings is 1. The van der Waals surface area contributed by atoms with E-state index in [0.717, 1.165) is 5.56 Å². The topological polar surface area (TPSA) is 102 Å². The number of rotatable bonds is 5. The summed E-state index contributed by atoms with van der Waals surface area (Å²) in [4.78, 5) is 16.4. The Morgan fingerprint density at radius 1 is 1.30 bits per heavy atom. The van der Waals surface area contributed by atoms with Crippen LogP contribution in [0.5, 0.6) is 23.0 Å². The minimum atomic E-state index is -0.582. The van der Waals surface area contributed by atoms with E-state index in [1.807, 2.05) is 0 Å². The second kappa shape index (κ2) is 6.15. The van der Waals surface area contributed by atoms with Crippen LogP contribution in [0.15, 0.2) is 9.63 Å². The van der Waals surface area contributed by atoms with Crippen LogP contribution in [0.2, 0.25) is 0 Å². The fraction of sp³-hybridized carbons (Fsp3) is 0.429. The maximum Gasteiger partial charge on any atom is 0.266 e. The van der Waals surface area contributed by atoms with Gasteiger partial charge in [0.25, 0.3) is 5.91 Å². The molecule has 0 bridgehead atoms. The number of nitrogens with zero attached hydrogens (tertiary/aromatic N) is 1. The first kappa shape index (κ1) is 15.7. The normalized spacial score (nSPS) is 18.4. The van der Waals surface area contributed by atoms with Gasteiger partial charge < -0.3 is 29.5 Å². The zero-order valence-corrected chi connectivity index (χ0v) is 14.1. The molecule has 2 aliphatic heterocycles. The first-order valence-electron chi connectivity index (χ1n) is 6.81. The van der Waals surface area contributed by atoms with Crippen molar-refractivity contribution < 1.29 is 28.6 Å². The monoisotopic (exact) mass is 386 g/mol. The van der Waals surface area contributed by atoms with Gasteiger partial charge in [-0.1, -0.05) is 5.16 Å². The molecular formula is C14H15BrN2O6. The predicted molar refractivity (Wildman–Crippen MR) is 83.2 cm³/mol. The number of carbonyl (C=O) groups excluding carboxylic acids is 1. The molecule has 1 aromatic rings. The molecular weight excluding hydrogens is 372 g/mol. The molecule has 1 atom stereocenters. The molecule has 0 radical (unpaired) electrons. The minimum absolute atomic E-state index is 0.103. The molecule has 2 N–H and O–H groups in total. The number of carbonyl (C=O) groups is 1. The summed E-state index contributed by atoms with van der Waals surface area (Å²) in [5.41, 5.74) is 6.22. The first-order chi connectivity index (χ1) is 11.1. The molecule has 9 heteroatoms. The number of nitrogens with two attached hydrogens (primary N) is 1. The average molecular weight is 387 g/mol. The van der Waals surface area contributed by atoms with Crippen molar-refractivity contribution in [2.45, 2.75) is 18.9 Å². The Labute approximate surface area is 140 Å². The molecule has 2 aliphatic rings. The molecule has 2 heterocycles. The third-order valence-corrected chi connectivity index (χ3v) is 4.46. The Morgan fingerprint density at radius 3 is 2.61 bits per heavy atom. The highest BCUT2D eigenvalue weighted by Gasteiger charge is 2.33. The zero-order valence-electron chi connectivity index (χ0n) is 12.6. The van der Waals surface area contributed by atoms with E-state index in [1.54, 1.807) is 0 Å². The van der Waals surface area contributed by atoms with Crippen molar-refractivity contribution in [3.05, 3.63) is 10.0 Å². The van der Waals surface area contributed by atoms with E-state index in [-0.39, 0.29) is 18.6 Å². The number of ether oxygens (including phenoxy) is 4. The van der Waals surface area contributed by atoms with E-state index in [4.69, 9.17) is 29.5 Å². The van der Waals surface area contributed by atoms with Gasteiger partial charge in [0.05, 0.1) is 18.7 Å². The average Bonchev–Trinajstić information content (AvgIpc) is 3.18. The third kappa shape index (κ3) is 2.65. The van der Waals surface area contributed by atoms with Crippen molar-refractivity contribution in [2.75, 3.05) is 21.0 Å². The van der Waals surface area contributed by atoms with Crippen LogP contribution in [0.4, 0.5) is 0 Å². The predicted octanol–water partition coefficient (Wildman–Crippen LogP) is 1.37. The summed E-state index contributed by atoms with van der Waals surface area (Å²) in [6, 6.07) is 0. The van der Waals surface area contributed by atoms with E-state index >= 15 is 0 Å². The summed E-state index contributed by atoms with van der Waals surface area (Å²) in [7, 11) is 3.06. The molecule has 0 saturated carbocycles. The molecule has 1 aromatic carbocycles. The lowest BCUT2D eigenvalue weighted by Gasteiger charge is -2.18. The van der Waals surface area contributed by atoms with E-state index in [2.05, 4.69) is 21.1 Å². The molecule has 0 aliphatic carbocycles. The van der Waals surface area contributed by atoms with Crippen LogP contribution in [0.3, 0.4) is 0 Å². The van der Waals surface area contributed by atoms with Gasteiger partial charge in [0, 0.05) is 18.4 Å². The Hall–Kier alpha value is -2.16. The first-order valence-corrected chi connectivity index (χ1v) is 7.60. The van der Waals surface area contributed by atoms with E-state index in [0.29, 0.717) is 40.3 Å². The van der Waals surface area contributed by atoms with Crippen molar-refractivity contribution in [3.63, 3.8) is 0 Å². The van der Waals surface area contributed by atoms with E-state index in [1.165, 1.54) is 14.2 Å². The number of methoxy groups -OCH3 is 2. The molecule has 0 spiro atoms. The largest absolute Gasteiger partial charge is 0.492 e. The fourth-order valence-corrected chi connectivity index (χ4v) is 3.22. The number of amides is 1. The highest BCUT2D eigenvalue weighted by atomic mass is 79.9. The van der Waals surface area contributed by atoms with Gasteiger partial charge in [-0.15, -0.1) is 0 Å². The molecule has 0 saturated heterocycles. The number of halogens is 1. The quantitative estimate of drug-likeness (QED) is 0.819. The van der Waals surface area contributed by atoms with Crippen LogP contribution < -0.4 is 24.7 Å². The number of fused-ring (bicyclic) bond motifs is 1. The SMILES string of the molecule is COc1c(C[C@@H]2CC(C(N)=O)=NO2)c(Br)c2c(c1OC)OCO2. The zero-order chi connectivity index (χ0) is 16.6. The lowest BCUT2D eigenvalue weighted by molar-refractivity contribution is -0.112. The lowest BCUT2D eigenvalue weighted by atomic mass is 10.0. The van der Waals surface area contributed by atoms with Crippen molar-refractivity contribution in [2.24, 2.45) is 10.9 Å². The van der Waals surface area contributed by atoms with Gasteiger partial charge in [-0.2, -0.15) is 0 Å². The molecule has 0 aromatic heterocycles. The lowest BCUT2D eigenvalue weighted by Crippen LogP contribution is -2.23. The Balaban J connectivity index is 1.95. The van der Waals surface area contributed by atoms with Gasteiger partial charge >= 0.3 is 0 Å². The van der Waals surface area contributed by atoms with Crippen LogP contribution >= 0.6 is 15.9 Å². The van der Waals surface area contributed by atoms with Gasteiger partial charge in [-0.25, -0.2) is 0 Å². The number of hydrogen-bond donors (Lipinski definition) is 1. The van der Waals surface area contributed by atoms with Crippen LogP contribution in [-0.2, 0) is 16.1 Å². The Bertz CT molecular complexity index is 691. The van der Waals surface area contributed by atoms with Crippen molar-refractivity contribution in [1.29, 1.82) is 0 Å². The summed E-state index contributed by atoms with van der Waals surface area (Å²) in [5.74, 6) is 1.42. The highest BCUT2D eigenvalue weighted by Crippen LogP contribution is 2.54. The van der Waals surface area contributed by atoms with Crippen LogP contribution in [0.25, 0.3) is 0 Å². The van der Waals surface area contributed by atoms with Gasteiger partial charge in [0.2, 0.25) is 18.3 Å². The second-order valence-electron chi connectivity index (χ2n) is 4.96. The minimum Gasteiger partial charge on any atom is -0.492 e. The van der Waals surface area contributed by atoms with Crippen molar-refractivity contribution >= 4 is 27.5 Å². The third-order valence-electron chi connectivity index (χ3n) is 3.62. The van der Waals surface area contributed by atoms with Crippen LogP contribution in [-0.4, -0.2) is 38.7 Å². The van der Waals surface area contributed by atoms with E-state index in [9.17, 15) is 4.79 Å². The summed E-state index contributed by atoms with van der Waals surface area (Å²) < 4.78 is 22.5. The Kier molecular flexibility index (Phi) is 4.20. The van der Waals surface area contributed by atoms with Crippen LogP contribution in [0.1, 0.15) is 12.0 Å². The molecule has 1 amide bonds. The van der Waals surface area contributed by atoms with E-state index < -0.39 is 5.91 Å². The van der Waals surface area contributed by atoms with Crippen LogP contribution in [0, 0.1) is 0 Å². The van der Waals surface area contributed by atoms with Gasteiger partial charge in [-0.05, 0) is 15.9 Å². The molecule has 8 nitrogen and oxygen atoms in total. The van der Waals surface area contributed by atoms with Gasteiger partial charge in [0.15, 0.2) is 11.5 Å². The molecule has 23 heavy (non-hydrogen) atoms. The summed E-state index contributed by atoms with van der Waals surface area (Å²) >= 11 is 3.51. The summed E-state index contributed by atoms with van der Waals surface area (Å²) in [6.45, 7) is 0.103.